The van der Waals surface area contributed by atoms with Gasteiger partial charge in [0.05, 0.1) is 31.3 Å². The fourth-order valence-corrected chi connectivity index (χ4v) is 3.54. The largest absolute Gasteiger partial charge is 0.493 e. The molecule has 10 heteroatoms. The number of fused-ring (bicyclic) bond motifs is 1. The molecule has 0 aliphatic rings. The van der Waals surface area contributed by atoms with Crippen molar-refractivity contribution in [3.8, 4) is 17.2 Å². The van der Waals surface area contributed by atoms with Crippen LogP contribution in [0.15, 0.2) is 44.7 Å². The average molecular weight is 532 g/mol. The van der Waals surface area contributed by atoms with Gasteiger partial charge >= 0.3 is 5.97 Å². The molecular formula is C24H26BrN3O6. The van der Waals surface area contributed by atoms with Crippen LogP contribution in [0, 0.1) is 0 Å². The van der Waals surface area contributed by atoms with Gasteiger partial charge in [0.25, 0.3) is 5.56 Å². The fraction of sp³-hybridized carbons (Fsp3) is 0.333. The number of aromatic nitrogens is 2. The first kappa shape index (κ1) is 25.2. The molecule has 0 radical (unpaired) electrons. The van der Waals surface area contributed by atoms with Gasteiger partial charge in [0.2, 0.25) is 5.75 Å². The van der Waals surface area contributed by atoms with Gasteiger partial charge in [-0.2, -0.15) is 9.78 Å². The monoisotopic (exact) mass is 531 g/mol. The van der Waals surface area contributed by atoms with Crippen LogP contribution in [0.25, 0.3) is 10.9 Å². The van der Waals surface area contributed by atoms with Gasteiger partial charge in [-0.1, -0.05) is 36.7 Å². The van der Waals surface area contributed by atoms with Crippen molar-refractivity contribution in [1.29, 1.82) is 0 Å². The van der Waals surface area contributed by atoms with Gasteiger partial charge in [-0.05, 0) is 37.3 Å². The molecule has 3 aromatic rings. The van der Waals surface area contributed by atoms with E-state index in [1.54, 1.807) is 24.3 Å². The van der Waals surface area contributed by atoms with E-state index in [0.29, 0.717) is 22.3 Å². The Labute approximate surface area is 205 Å². The molecule has 180 valence electrons. The first-order valence-corrected chi connectivity index (χ1v) is 11.2. The molecule has 0 aliphatic heterocycles. The van der Waals surface area contributed by atoms with Crippen molar-refractivity contribution < 1.29 is 24.1 Å². The third-order valence-corrected chi connectivity index (χ3v) is 5.42. The Balaban J connectivity index is 2.15. The lowest BCUT2D eigenvalue weighted by Crippen LogP contribution is -2.29. The van der Waals surface area contributed by atoms with Crippen LogP contribution in [0.1, 0.15) is 39.1 Å². The van der Waals surface area contributed by atoms with Crippen LogP contribution in [0.5, 0.6) is 17.2 Å². The highest BCUT2D eigenvalue weighted by atomic mass is 79.9. The number of methoxy groups -OCH3 is 2. The van der Waals surface area contributed by atoms with Crippen molar-refractivity contribution >= 4 is 39.0 Å². The fourth-order valence-electron chi connectivity index (χ4n) is 3.18. The molecule has 0 bridgehead atoms. The number of rotatable bonds is 7. The molecule has 3 rings (SSSR count). The Kier molecular flexibility index (Phi) is 7.30. The maximum absolute atomic E-state index is 13.3. The van der Waals surface area contributed by atoms with Gasteiger partial charge in [0, 0.05) is 15.5 Å². The summed E-state index contributed by atoms with van der Waals surface area (Å²) in [5.41, 5.74) is 0.367. The maximum Gasteiger partial charge on any atom is 0.344 e. The zero-order valence-electron chi connectivity index (χ0n) is 19.7. The van der Waals surface area contributed by atoms with Crippen LogP contribution in [0.4, 0.5) is 0 Å². The van der Waals surface area contributed by atoms with Gasteiger partial charge in [-0.15, -0.1) is 0 Å². The van der Waals surface area contributed by atoms with E-state index in [4.69, 9.17) is 19.2 Å². The highest BCUT2D eigenvalue weighted by molar-refractivity contribution is 9.10. The van der Waals surface area contributed by atoms with Gasteiger partial charge in [-0.3, -0.25) is 4.79 Å². The third-order valence-electron chi connectivity index (χ3n) is 4.93. The Morgan fingerprint density at radius 1 is 1.18 bits per heavy atom. The molecule has 0 amide bonds. The van der Waals surface area contributed by atoms with Gasteiger partial charge in [0.15, 0.2) is 17.6 Å². The third kappa shape index (κ3) is 5.22. The predicted octanol–water partition coefficient (Wildman–Crippen LogP) is 4.21. The number of aliphatic carboxylic acids is 1. The Bertz CT molecular complexity index is 1300. The van der Waals surface area contributed by atoms with Crippen LogP contribution in [0.3, 0.4) is 0 Å². The number of benzene rings is 2. The molecule has 0 saturated heterocycles. The minimum Gasteiger partial charge on any atom is -0.493 e. The Hall–Kier alpha value is -3.40. The summed E-state index contributed by atoms with van der Waals surface area (Å²) in [5, 5.41) is 14.1. The number of ether oxygens (including phenoxy) is 3. The summed E-state index contributed by atoms with van der Waals surface area (Å²) in [4.78, 5) is 29.2. The maximum atomic E-state index is 13.3. The molecule has 1 atom stereocenters. The van der Waals surface area contributed by atoms with E-state index in [1.165, 1.54) is 32.0 Å². The summed E-state index contributed by atoms with van der Waals surface area (Å²) < 4.78 is 18.3. The van der Waals surface area contributed by atoms with Crippen LogP contribution in [-0.4, -0.2) is 47.3 Å². The van der Waals surface area contributed by atoms with E-state index in [2.05, 4.69) is 21.0 Å². The lowest BCUT2D eigenvalue weighted by Gasteiger charge is -2.21. The van der Waals surface area contributed by atoms with E-state index >= 15 is 0 Å². The number of hydrogen-bond donors (Lipinski definition) is 1. The number of hydrogen-bond acceptors (Lipinski definition) is 7. The lowest BCUT2D eigenvalue weighted by molar-refractivity contribution is -0.144. The summed E-state index contributed by atoms with van der Waals surface area (Å²) in [5.74, 6) is 0.0505. The lowest BCUT2D eigenvalue weighted by atomic mass is 9.95. The van der Waals surface area contributed by atoms with Crippen molar-refractivity contribution in [1.82, 2.24) is 9.66 Å². The van der Waals surface area contributed by atoms with E-state index < -0.39 is 17.5 Å². The second-order valence-corrected chi connectivity index (χ2v) is 9.48. The highest BCUT2D eigenvalue weighted by Crippen LogP contribution is 2.39. The number of carboxylic acids is 1. The van der Waals surface area contributed by atoms with Gasteiger partial charge in [0.1, 0.15) is 5.82 Å². The number of nitrogens with zero attached hydrogens (tertiary/aromatic N) is 3. The van der Waals surface area contributed by atoms with E-state index in [-0.39, 0.29) is 22.8 Å². The zero-order valence-corrected chi connectivity index (χ0v) is 21.3. The molecule has 1 heterocycles. The second kappa shape index (κ2) is 9.84. The van der Waals surface area contributed by atoms with Gasteiger partial charge in [-0.25, -0.2) is 9.78 Å². The van der Waals surface area contributed by atoms with Gasteiger partial charge < -0.3 is 19.3 Å². The van der Waals surface area contributed by atoms with Crippen molar-refractivity contribution in [2.75, 3.05) is 14.2 Å². The van der Waals surface area contributed by atoms with Crippen molar-refractivity contribution in [3.05, 3.63) is 56.5 Å². The normalized spacial score (nSPS) is 12.7. The summed E-state index contributed by atoms with van der Waals surface area (Å²) in [6, 6.07) is 8.56. The molecule has 0 spiro atoms. The molecule has 0 aliphatic carbocycles. The molecule has 9 nitrogen and oxygen atoms in total. The van der Waals surface area contributed by atoms with E-state index in [0.717, 1.165) is 4.47 Å². The number of halogens is 1. The molecule has 0 unspecified atom stereocenters. The SMILES string of the molecule is COc1cc(C=Nn2c(C(C)(C)C)nc3ccc(Br)cc3c2=O)cc(OC)c1O[C@@H](C)C(=O)O. The zero-order chi connectivity index (χ0) is 25.2. The first-order chi connectivity index (χ1) is 16.0. The van der Waals surface area contributed by atoms with Crippen LogP contribution in [-0.2, 0) is 10.2 Å². The summed E-state index contributed by atoms with van der Waals surface area (Å²) in [6.45, 7) is 7.26. The van der Waals surface area contributed by atoms with Crippen molar-refractivity contribution in [3.63, 3.8) is 0 Å². The van der Waals surface area contributed by atoms with Crippen LogP contribution in [0.2, 0.25) is 0 Å². The first-order valence-electron chi connectivity index (χ1n) is 10.4. The Morgan fingerprint density at radius 3 is 2.32 bits per heavy atom. The quantitative estimate of drug-likeness (QED) is 0.454. The summed E-state index contributed by atoms with van der Waals surface area (Å²) in [7, 11) is 2.86. The second-order valence-electron chi connectivity index (χ2n) is 8.56. The molecular weight excluding hydrogens is 506 g/mol. The standard InChI is InChI=1S/C24H26BrN3O6/c1-13(22(30)31)34-20-18(32-5)9-14(10-19(20)33-6)12-26-28-21(29)16-11-15(25)7-8-17(16)27-23(28)24(2,3)4/h7-13H,1-6H3,(H,30,31)/t13-/m0/s1. The minimum absolute atomic E-state index is 0.154. The molecule has 2 aromatic carbocycles. The number of carbonyl (C=O) groups is 1. The molecule has 0 saturated carbocycles. The molecule has 1 N–H and O–H groups in total. The number of carboxylic acid groups (broad SMARTS) is 1. The smallest absolute Gasteiger partial charge is 0.344 e. The topological polar surface area (TPSA) is 112 Å². The summed E-state index contributed by atoms with van der Waals surface area (Å²) in [6.07, 6.45) is 0.371. The van der Waals surface area contributed by atoms with Crippen LogP contribution < -0.4 is 19.8 Å². The van der Waals surface area contributed by atoms with Crippen molar-refractivity contribution in [2.24, 2.45) is 5.10 Å². The average Bonchev–Trinajstić information content (AvgIpc) is 2.78. The van der Waals surface area contributed by atoms with Crippen molar-refractivity contribution in [2.45, 2.75) is 39.2 Å². The molecule has 1 aromatic heterocycles. The predicted molar refractivity (Wildman–Crippen MR) is 133 cm³/mol. The molecule has 34 heavy (non-hydrogen) atoms. The summed E-state index contributed by atoms with van der Waals surface area (Å²) >= 11 is 3.40. The van der Waals surface area contributed by atoms with Crippen LogP contribution >= 0.6 is 15.9 Å². The molecule has 0 fully saturated rings. The van der Waals surface area contributed by atoms with E-state index in [1.807, 2.05) is 26.8 Å². The highest BCUT2D eigenvalue weighted by Gasteiger charge is 2.23. The van der Waals surface area contributed by atoms with E-state index in [9.17, 15) is 14.7 Å². The Morgan fingerprint density at radius 2 is 1.79 bits per heavy atom. The minimum atomic E-state index is -1.13.